The maximum atomic E-state index is 5.51. The third kappa shape index (κ3) is 2.16. The number of aromatic nitrogens is 3. The second-order valence-corrected chi connectivity index (χ2v) is 3.65. The van der Waals surface area contributed by atoms with E-state index in [0.29, 0.717) is 5.75 Å². The summed E-state index contributed by atoms with van der Waals surface area (Å²) in [6, 6.07) is 1.64. The number of hydrogen-bond acceptors (Lipinski definition) is 7. The molecule has 1 atom stereocenters. The van der Waals surface area contributed by atoms with Crippen LogP contribution in [-0.2, 0) is 0 Å². The molecule has 2 aromatic heterocycles. The first-order valence-electron chi connectivity index (χ1n) is 4.57. The summed E-state index contributed by atoms with van der Waals surface area (Å²) in [7, 11) is 1.59. The molecule has 0 aliphatic heterocycles. The van der Waals surface area contributed by atoms with Crippen molar-refractivity contribution in [1.29, 1.82) is 0 Å². The first kappa shape index (κ1) is 10.9. The third-order valence-corrected chi connectivity index (χ3v) is 2.64. The zero-order chi connectivity index (χ0) is 11.4. The molecular weight excluding hydrogens is 226 g/mol. The number of nitrogens with zero attached hydrogens (tertiary/aromatic N) is 3. The van der Waals surface area contributed by atoms with E-state index in [9.17, 15) is 0 Å². The molecule has 2 aromatic rings. The van der Waals surface area contributed by atoms with Gasteiger partial charge in [0.05, 0.1) is 43.0 Å². The predicted molar refractivity (Wildman–Crippen MR) is 59.9 cm³/mol. The molecule has 0 aromatic carbocycles. The lowest BCUT2D eigenvalue weighted by Gasteiger charge is -2.13. The van der Waals surface area contributed by atoms with Crippen molar-refractivity contribution in [2.75, 3.05) is 7.11 Å². The molecule has 0 spiro atoms. The molecule has 2 rings (SSSR count). The number of methoxy groups -OCH3 is 1. The summed E-state index contributed by atoms with van der Waals surface area (Å²) in [5.41, 5.74) is 4.33. The van der Waals surface area contributed by atoms with E-state index >= 15 is 0 Å². The maximum Gasteiger partial charge on any atom is 0.137 e. The Hall–Kier alpha value is -1.57. The van der Waals surface area contributed by atoms with Crippen LogP contribution in [0.25, 0.3) is 0 Å². The minimum atomic E-state index is -0.221. The standard InChI is InChI=1S/C9H11N5OS/c1-15-7-2-6(3-11-4-7)9(13-10)8-5-12-16-14-8/h2-5,9,13H,10H2,1H3. The molecule has 0 fully saturated rings. The zero-order valence-electron chi connectivity index (χ0n) is 8.62. The van der Waals surface area contributed by atoms with Crippen LogP contribution in [0.3, 0.4) is 0 Å². The molecular formula is C9H11N5OS. The topological polar surface area (TPSA) is 86.0 Å². The van der Waals surface area contributed by atoms with E-state index in [1.54, 1.807) is 25.7 Å². The van der Waals surface area contributed by atoms with Crippen LogP contribution in [0.5, 0.6) is 5.75 Å². The van der Waals surface area contributed by atoms with Gasteiger partial charge in [-0.2, -0.15) is 8.75 Å². The number of pyridine rings is 1. The zero-order valence-corrected chi connectivity index (χ0v) is 9.44. The van der Waals surface area contributed by atoms with Crippen molar-refractivity contribution < 1.29 is 4.74 Å². The fourth-order valence-corrected chi connectivity index (χ4v) is 1.81. The van der Waals surface area contributed by atoms with Crippen LogP contribution in [0.4, 0.5) is 0 Å². The maximum absolute atomic E-state index is 5.51. The summed E-state index contributed by atoms with van der Waals surface area (Å²) in [5.74, 6) is 6.19. The van der Waals surface area contributed by atoms with Crippen LogP contribution in [0, 0.1) is 0 Å². The van der Waals surface area contributed by atoms with Crippen LogP contribution in [-0.4, -0.2) is 20.8 Å². The molecule has 84 valence electrons. The van der Waals surface area contributed by atoms with E-state index in [1.165, 1.54) is 0 Å². The molecule has 0 bridgehead atoms. The van der Waals surface area contributed by atoms with E-state index < -0.39 is 0 Å². The lowest BCUT2D eigenvalue weighted by atomic mass is 10.1. The summed E-state index contributed by atoms with van der Waals surface area (Å²) in [6.45, 7) is 0. The molecule has 0 amide bonds. The highest BCUT2D eigenvalue weighted by Gasteiger charge is 2.15. The van der Waals surface area contributed by atoms with Gasteiger partial charge < -0.3 is 4.74 Å². The Kier molecular flexibility index (Phi) is 3.40. The van der Waals surface area contributed by atoms with Gasteiger partial charge >= 0.3 is 0 Å². The second kappa shape index (κ2) is 4.97. The first-order valence-corrected chi connectivity index (χ1v) is 5.30. The average Bonchev–Trinajstić information content (AvgIpc) is 2.84. The van der Waals surface area contributed by atoms with Gasteiger partial charge in [-0.3, -0.25) is 10.8 Å². The number of nitrogens with one attached hydrogen (secondary N) is 1. The van der Waals surface area contributed by atoms with Crippen molar-refractivity contribution in [3.63, 3.8) is 0 Å². The molecule has 7 heteroatoms. The lowest BCUT2D eigenvalue weighted by Crippen LogP contribution is -2.29. The van der Waals surface area contributed by atoms with Crippen LogP contribution < -0.4 is 16.0 Å². The largest absolute Gasteiger partial charge is 0.495 e. The van der Waals surface area contributed by atoms with Crippen LogP contribution in [0.2, 0.25) is 0 Å². The normalized spacial score (nSPS) is 12.4. The third-order valence-electron chi connectivity index (χ3n) is 2.14. The summed E-state index contributed by atoms with van der Waals surface area (Å²) >= 11 is 1.14. The Bertz CT molecular complexity index is 447. The number of hydrazine groups is 1. The highest BCUT2D eigenvalue weighted by Crippen LogP contribution is 2.22. The van der Waals surface area contributed by atoms with Crippen molar-refractivity contribution in [3.8, 4) is 5.75 Å². The molecule has 0 radical (unpaired) electrons. The lowest BCUT2D eigenvalue weighted by molar-refractivity contribution is 0.411. The summed E-state index contributed by atoms with van der Waals surface area (Å²) in [6.07, 6.45) is 5.03. The molecule has 0 saturated heterocycles. The van der Waals surface area contributed by atoms with E-state index in [0.717, 1.165) is 23.0 Å². The quantitative estimate of drug-likeness (QED) is 0.594. The fourth-order valence-electron chi connectivity index (χ4n) is 1.36. The first-order chi connectivity index (χ1) is 7.85. The molecule has 0 aliphatic carbocycles. The number of hydrogen-bond donors (Lipinski definition) is 2. The Labute approximate surface area is 96.8 Å². The van der Waals surface area contributed by atoms with Crippen molar-refractivity contribution in [3.05, 3.63) is 35.9 Å². The summed E-state index contributed by atoms with van der Waals surface area (Å²) in [4.78, 5) is 4.07. The Morgan fingerprint density at radius 3 is 2.94 bits per heavy atom. The van der Waals surface area contributed by atoms with E-state index in [2.05, 4.69) is 19.2 Å². The monoisotopic (exact) mass is 237 g/mol. The van der Waals surface area contributed by atoms with Crippen LogP contribution in [0.15, 0.2) is 24.7 Å². The van der Waals surface area contributed by atoms with Crippen molar-refractivity contribution in [2.45, 2.75) is 6.04 Å². The number of rotatable bonds is 4. The van der Waals surface area contributed by atoms with Gasteiger partial charge in [-0.05, 0) is 11.6 Å². The molecule has 6 nitrogen and oxygen atoms in total. The number of nitrogens with two attached hydrogens (primary N) is 1. The van der Waals surface area contributed by atoms with Gasteiger partial charge in [0.1, 0.15) is 5.75 Å². The van der Waals surface area contributed by atoms with Crippen LogP contribution >= 0.6 is 11.7 Å². The van der Waals surface area contributed by atoms with Crippen molar-refractivity contribution in [1.82, 2.24) is 19.2 Å². The van der Waals surface area contributed by atoms with E-state index in [1.807, 2.05) is 6.07 Å². The van der Waals surface area contributed by atoms with Crippen molar-refractivity contribution in [2.24, 2.45) is 5.84 Å². The van der Waals surface area contributed by atoms with Gasteiger partial charge in [-0.25, -0.2) is 5.43 Å². The SMILES string of the molecule is COc1cncc(C(NN)c2cnsn2)c1. The molecule has 1 unspecified atom stereocenters. The Balaban J connectivity index is 2.33. The highest BCUT2D eigenvalue weighted by molar-refractivity contribution is 6.99. The van der Waals surface area contributed by atoms with Gasteiger partial charge in [-0.1, -0.05) is 0 Å². The fraction of sp³-hybridized carbons (Fsp3) is 0.222. The Morgan fingerprint density at radius 2 is 2.31 bits per heavy atom. The molecule has 0 aliphatic rings. The van der Waals surface area contributed by atoms with Gasteiger partial charge in [-0.15, -0.1) is 0 Å². The smallest absolute Gasteiger partial charge is 0.137 e. The average molecular weight is 237 g/mol. The second-order valence-electron chi connectivity index (χ2n) is 3.09. The highest BCUT2D eigenvalue weighted by atomic mass is 32.1. The summed E-state index contributed by atoms with van der Waals surface area (Å²) in [5, 5.41) is 0. The number of ether oxygens (including phenoxy) is 1. The van der Waals surface area contributed by atoms with E-state index in [4.69, 9.17) is 10.6 Å². The van der Waals surface area contributed by atoms with Crippen LogP contribution in [0.1, 0.15) is 17.3 Å². The Morgan fingerprint density at radius 1 is 1.44 bits per heavy atom. The minimum Gasteiger partial charge on any atom is -0.495 e. The summed E-state index contributed by atoms with van der Waals surface area (Å²) < 4.78 is 13.2. The molecule has 0 saturated carbocycles. The van der Waals surface area contributed by atoms with Gasteiger partial charge in [0.15, 0.2) is 0 Å². The van der Waals surface area contributed by atoms with Gasteiger partial charge in [0.2, 0.25) is 0 Å². The minimum absolute atomic E-state index is 0.221. The molecule has 16 heavy (non-hydrogen) atoms. The molecule has 3 N–H and O–H groups in total. The predicted octanol–water partition coefficient (Wildman–Crippen LogP) is 0.494. The van der Waals surface area contributed by atoms with Gasteiger partial charge in [0, 0.05) is 6.20 Å². The van der Waals surface area contributed by atoms with Gasteiger partial charge in [0.25, 0.3) is 0 Å². The van der Waals surface area contributed by atoms with E-state index in [-0.39, 0.29) is 6.04 Å². The van der Waals surface area contributed by atoms with Crippen molar-refractivity contribution >= 4 is 11.7 Å². The molecule has 2 heterocycles.